The Labute approximate surface area is 174 Å². The van der Waals surface area contributed by atoms with E-state index >= 15 is 0 Å². The average molecular weight is 425 g/mol. The lowest BCUT2D eigenvalue weighted by Crippen LogP contribution is -2.41. The van der Waals surface area contributed by atoms with Gasteiger partial charge >= 0.3 is 0 Å². The summed E-state index contributed by atoms with van der Waals surface area (Å²) in [6.45, 7) is 2.05. The number of hydrogen-bond acceptors (Lipinski definition) is 6. The summed E-state index contributed by atoms with van der Waals surface area (Å²) in [5, 5.41) is 0.738. The molecule has 1 aromatic heterocycles. The highest BCUT2D eigenvalue weighted by atomic mass is 35.5. The van der Waals surface area contributed by atoms with E-state index in [1.807, 2.05) is 0 Å². The molecule has 3 aliphatic heterocycles. The molecule has 8 heteroatoms. The Kier molecular flexibility index (Phi) is 5.40. The van der Waals surface area contributed by atoms with E-state index in [9.17, 15) is 4.79 Å². The molecule has 28 heavy (non-hydrogen) atoms. The van der Waals surface area contributed by atoms with Crippen LogP contribution in [-0.2, 0) is 25.4 Å². The molecule has 1 saturated heterocycles. The summed E-state index contributed by atoms with van der Waals surface area (Å²) in [5.74, 6) is 1.14. The average Bonchev–Trinajstić information content (AvgIpc) is 3.05. The number of nitrogens with zero attached hydrogens (tertiary/aromatic N) is 2. The van der Waals surface area contributed by atoms with Gasteiger partial charge in [0.05, 0.1) is 17.2 Å². The molecule has 0 aliphatic carbocycles. The minimum absolute atomic E-state index is 0.0630. The van der Waals surface area contributed by atoms with Gasteiger partial charge in [-0.2, -0.15) is 0 Å². The van der Waals surface area contributed by atoms with Gasteiger partial charge in [0.2, 0.25) is 0 Å². The molecule has 1 aromatic rings. The minimum atomic E-state index is -0.728. The van der Waals surface area contributed by atoms with Crippen molar-refractivity contribution in [3.63, 3.8) is 0 Å². The standard InChI is InChI=1S/C20H22Cl2N2O4/c1-24-5-3-20(4-6-24)8-13-18(27-11-17(26-2)19(13)28-20)16(25)7-12-14(21)9-23-10-15(12)22/h8-10,18H,3-7,11H2,1-2H3. The summed E-state index contributed by atoms with van der Waals surface area (Å²) in [5.41, 5.74) is 0.904. The van der Waals surface area contributed by atoms with E-state index in [2.05, 4.69) is 23.0 Å². The summed E-state index contributed by atoms with van der Waals surface area (Å²) < 4.78 is 17.7. The van der Waals surface area contributed by atoms with Gasteiger partial charge in [0, 0.05) is 50.3 Å². The Morgan fingerprint density at radius 1 is 1.32 bits per heavy atom. The highest BCUT2D eigenvalue weighted by Crippen LogP contribution is 2.44. The van der Waals surface area contributed by atoms with Crippen molar-refractivity contribution in [3.05, 3.63) is 51.2 Å². The van der Waals surface area contributed by atoms with Gasteiger partial charge < -0.3 is 19.1 Å². The Hall–Kier alpha value is -1.60. The van der Waals surface area contributed by atoms with Gasteiger partial charge in [-0.05, 0) is 18.7 Å². The van der Waals surface area contributed by atoms with Crippen molar-refractivity contribution in [2.45, 2.75) is 31.0 Å². The quantitative estimate of drug-likeness (QED) is 0.739. The fraction of sp³-hybridized carbons (Fsp3) is 0.500. The minimum Gasteiger partial charge on any atom is -0.495 e. The zero-order valence-electron chi connectivity index (χ0n) is 15.8. The van der Waals surface area contributed by atoms with Gasteiger partial charge in [-0.1, -0.05) is 23.2 Å². The van der Waals surface area contributed by atoms with Crippen LogP contribution >= 0.6 is 23.2 Å². The number of Topliss-reactive ketones (excluding diaryl/α,β-unsaturated/α-hetero) is 1. The van der Waals surface area contributed by atoms with E-state index in [4.69, 9.17) is 37.4 Å². The molecule has 0 N–H and O–H groups in total. The monoisotopic (exact) mass is 424 g/mol. The van der Waals surface area contributed by atoms with Crippen molar-refractivity contribution in [2.75, 3.05) is 33.9 Å². The number of ketones is 1. The van der Waals surface area contributed by atoms with Crippen LogP contribution in [0.4, 0.5) is 0 Å². The maximum Gasteiger partial charge on any atom is 0.170 e. The molecule has 0 saturated carbocycles. The third kappa shape index (κ3) is 3.54. The van der Waals surface area contributed by atoms with Crippen molar-refractivity contribution in [2.24, 2.45) is 0 Å². The van der Waals surface area contributed by atoms with Gasteiger partial charge in [-0.3, -0.25) is 9.78 Å². The van der Waals surface area contributed by atoms with Crippen LogP contribution in [0.2, 0.25) is 10.0 Å². The maximum absolute atomic E-state index is 13.1. The van der Waals surface area contributed by atoms with Crippen LogP contribution in [0.5, 0.6) is 0 Å². The van der Waals surface area contributed by atoms with Crippen LogP contribution in [0, 0.1) is 0 Å². The lowest BCUT2D eigenvalue weighted by molar-refractivity contribution is -0.128. The lowest BCUT2D eigenvalue weighted by Gasteiger charge is -2.36. The molecule has 0 bridgehead atoms. The molecule has 1 unspecified atom stereocenters. The molecule has 1 spiro atoms. The molecular weight excluding hydrogens is 403 g/mol. The number of halogens is 2. The first-order valence-electron chi connectivity index (χ1n) is 9.22. The van der Waals surface area contributed by atoms with Crippen molar-refractivity contribution in [1.82, 2.24) is 9.88 Å². The summed E-state index contributed by atoms with van der Waals surface area (Å²) in [4.78, 5) is 19.3. The molecule has 3 aliphatic rings. The Bertz CT molecular complexity index is 840. The summed E-state index contributed by atoms with van der Waals surface area (Å²) in [7, 11) is 3.68. The predicted molar refractivity (Wildman–Crippen MR) is 105 cm³/mol. The fourth-order valence-electron chi connectivity index (χ4n) is 3.90. The third-order valence-corrected chi connectivity index (χ3v) is 6.23. The van der Waals surface area contributed by atoms with Crippen molar-refractivity contribution in [3.8, 4) is 0 Å². The summed E-state index contributed by atoms with van der Waals surface area (Å²) in [6.07, 6.45) is 6.08. The summed E-state index contributed by atoms with van der Waals surface area (Å²) in [6, 6.07) is 0. The van der Waals surface area contributed by atoms with E-state index in [1.54, 1.807) is 7.11 Å². The number of rotatable bonds is 4. The molecule has 0 amide bonds. The molecule has 4 heterocycles. The topological polar surface area (TPSA) is 60.9 Å². The van der Waals surface area contributed by atoms with Crippen LogP contribution in [0.15, 0.2) is 35.6 Å². The lowest BCUT2D eigenvalue weighted by atomic mass is 9.89. The number of hydrogen-bond donors (Lipinski definition) is 0. The molecule has 0 radical (unpaired) electrons. The van der Waals surface area contributed by atoms with E-state index in [0.29, 0.717) is 27.1 Å². The van der Waals surface area contributed by atoms with Gasteiger partial charge in [-0.15, -0.1) is 0 Å². The van der Waals surface area contributed by atoms with Gasteiger partial charge in [0.1, 0.15) is 18.3 Å². The van der Waals surface area contributed by atoms with Crippen LogP contribution in [-0.4, -0.2) is 61.2 Å². The van der Waals surface area contributed by atoms with Crippen LogP contribution in [0.1, 0.15) is 18.4 Å². The zero-order valence-corrected chi connectivity index (χ0v) is 17.3. The predicted octanol–water partition coefficient (Wildman–Crippen LogP) is 3.18. The third-order valence-electron chi connectivity index (χ3n) is 5.58. The molecule has 4 rings (SSSR count). The molecule has 1 atom stereocenters. The number of carbonyl (C=O) groups excluding carboxylic acids is 1. The number of fused-ring (bicyclic) bond motifs is 1. The van der Waals surface area contributed by atoms with E-state index in [1.165, 1.54) is 12.4 Å². The SMILES string of the molecule is COC1=C2OC3(C=C2C(C(=O)Cc2c(Cl)cncc2Cl)OC1)CCN(C)CC3. The van der Waals surface area contributed by atoms with Crippen molar-refractivity contribution < 1.29 is 19.0 Å². The molecule has 1 fully saturated rings. The van der Waals surface area contributed by atoms with E-state index in [0.717, 1.165) is 31.5 Å². The van der Waals surface area contributed by atoms with Crippen molar-refractivity contribution >= 4 is 29.0 Å². The largest absolute Gasteiger partial charge is 0.495 e. The Balaban J connectivity index is 1.63. The first kappa shape index (κ1) is 19.7. The molecule has 6 nitrogen and oxygen atoms in total. The fourth-order valence-corrected chi connectivity index (χ4v) is 4.40. The van der Waals surface area contributed by atoms with Crippen LogP contribution in [0.3, 0.4) is 0 Å². The van der Waals surface area contributed by atoms with E-state index < -0.39 is 11.7 Å². The van der Waals surface area contributed by atoms with Crippen molar-refractivity contribution in [1.29, 1.82) is 0 Å². The second-order valence-corrected chi connectivity index (χ2v) is 8.26. The number of carbonyl (C=O) groups is 1. The number of ether oxygens (including phenoxy) is 3. The second kappa shape index (κ2) is 7.67. The molecule has 150 valence electrons. The van der Waals surface area contributed by atoms with Gasteiger partial charge in [0.15, 0.2) is 17.3 Å². The highest BCUT2D eigenvalue weighted by molar-refractivity contribution is 6.36. The number of pyridine rings is 1. The van der Waals surface area contributed by atoms with Crippen LogP contribution < -0.4 is 0 Å². The number of likely N-dealkylation sites (tertiary alicyclic amines) is 1. The highest BCUT2D eigenvalue weighted by Gasteiger charge is 2.47. The van der Waals surface area contributed by atoms with Gasteiger partial charge in [-0.25, -0.2) is 0 Å². The Morgan fingerprint density at radius 3 is 2.64 bits per heavy atom. The van der Waals surface area contributed by atoms with Gasteiger partial charge in [0.25, 0.3) is 0 Å². The molecular formula is C20H22Cl2N2O4. The Morgan fingerprint density at radius 2 is 2.00 bits per heavy atom. The van der Waals surface area contributed by atoms with E-state index in [-0.39, 0.29) is 18.8 Å². The maximum atomic E-state index is 13.1. The first-order chi connectivity index (χ1) is 13.4. The number of piperidine rings is 1. The summed E-state index contributed by atoms with van der Waals surface area (Å²) >= 11 is 12.4. The molecule has 0 aromatic carbocycles. The smallest absolute Gasteiger partial charge is 0.170 e. The van der Waals surface area contributed by atoms with Crippen LogP contribution in [0.25, 0.3) is 0 Å². The number of aromatic nitrogens is 1. The normalized spacial score (nSPS) is 24.0. The second-order valence-electron chi connectivity index (χ2n) is 7.44. The zero-order chi connectivity index (χ0) is 19.9. The number of methoxy groups -OCH3 is 1. The first-order valence-corrected chi connectivity index (χ1v) is 9.98.